The quantitative estimate of drug-likeness (QED) is 0.00947. The second-order valence-corrected chi connectivity index (χ2v) is 19.0. The number of aliphatic carboxylic acids is 3. The Bertz CT molecular complexity index is 912. The number of nitrogens with one attached hydrogen (secondary N) is 2. The van der Waals surface area contributed by atoms with Gasteiger partial charge in [0.15, 0.2) is 0 Å². The molecule has 0 radical (unpaired) electrons. The second-order valence-electron chi connectivity index (χ2n) is 12.1. The van der Waals surface area contributed by atoms with Gasteiger partial charge in [0.1, 0.15) is 16.5 Å². The molecule has 1 unspecified atom stereocenters. The molecule has 0 aromatic carbocycles. The smallest absolute Gasteiger partial charge is 0.320 e. The van der Waals surface area contributed by atoms with Gasteiger partial charge >= 0.3 is 17.9 Å². The van der Waals surface area contributed by atoms with E-state index in [1.165, 1.54) is 55.7 Å². The van der Waals surface area contributed by atoms with Gasteiger partial charge in [-0.05, 0) is 38.5 Å². The highest BCUT2D eigenvalue weighted by Gasteiger charge is 2.22. The summed E-state index contributed by atoms with van der Waals surface area (Å²) in [6.07, 6.45) is 17.7. The van der Waals surface area contributed by atoms with Crippen molar-refractivity contribution in [2.24, 2.45) is 11.8 Å². The third-order valence-electron chi connectivity index (χ3n) is 7.91. The first-order valence-corrected chi connectivity index (χ1v) is 23.9. The molecule has 300 valence electrons. The van der Waals surface area contributed by atoms with E-state index in [-0.39, 0.29) is 42.1 Å². The van der Waals surface area contributed by atoms with Crippen LogP contribution in [0.4, 0.5) is 0 Å². The number of carboxylic acids is 3. The van der Waals surface area contributed by atoms with Crippen LogP contribution in [0.2, 0.25) is 0 Å². The minimum absolute atomic E-state index is 0.0269. The van der Waals surface area contributed by atoms with E-state index in [9.17, 15) is 34.2 Å². The molecule has 0 bridgehead atoms. The third kappa shape index (κ3) is 37.6. The zero-order valence-corrected chi connectivity index (χ0v) is 34.9. The minimum atomic E-state index is -1.06. The second kappa shape index (κ2) is 39.2. The molecule has 0 rings (SSSR count). The number of carboxylic acid groups (broad SMARTS) is 3. The molecule has 3 atom stereocenters. The van der Waals surface area contributed by atoms with E-state index in [0.29, 0.717) is 32.2 Å². The largest absolute Gasteiger partial charge is 0.481 e. The number of ketones is 1. The maximum absolute atomic E-state index is 12.4. The Morgan fingerprint density at radius 1 is 0.627 bits per heavy atom. The highest BCUT2D eigenvalue weighted by atomic mass is 33.1. The van der Waals surface area contributed by atoms with Gasteiger partial charge in [-0.15, -0.1) is 12.6 Å². The van der Waals surface area contributed by atoms with Crippen LogP contribution >= 0.6 is 68.4 Å². The molecule has 51 heavy (non-hydrogen) atoms. The Morgan fingerprint density at radius 2 is 1.16 bits per heavy atom. The molecule has 0 fully saturated rings. The SMILES string of the molecule is NO.O=C(O)CCCCCCCCCCCCCCCCC(=O)C[C@@H](CCC(=O)NCCCC[C@H](NC(S)SSCSSCS)C(=O)O)C(=O)O. The summed E-state index contributed by atoms with van der Waals surface area (Å²) in [7, 11) is 6.38. The summed E-state index contributed by atoms with van der Waals surface area (Å²) in [5, 5.41) is 41.6. The van der Waals surface area contributed by atoms with Gasteiger partial charge in [-0.25, -0.2) is 5.90 Å². The van der Waals surface area contributed by atoms with E-state index in [4.69, 9.17) is 10.3 Å². The molecule has 0 aromatic heterocycles. The zero-order valence-electron chi connectivity index (χ0n) is 29.8. The standard InChI is InChI=1S/C33H60N2O8S6.H3NO/c36-27(17-13-11-9-7-5-3-1-2-4-6-8-10-12-14-19-30(38)39)23-26(31(40)41)20-21-29(37)34-22-16-15-18-28(32(42)43)35-33(45)49-48-25-47-46-24-44;1-2/h26,28,33,35,44-45H,1-25H2,(H,34,37)(H,38,39)(H,40,41)(H,42,43);2H,1H2/t26-,28+,33?;/m1./s1. The van der Waals surface area contributed by atoms with E-state index < -0.39 is 29.9 Å². The van der Waals surface area contributed by atoms with Crippen LogP contribution < -0.4 is 16.5 Å². The van der Waals surface area contributed by atoms with Crippen molar-refractivity contribution >= 4 is 98.0 Å². The molecule has 0 aromatic rings. The fraction of sp³-hybridized carbons (Fsp3) is 0.848. The number of hydrogen-bond acceptors (Lipinski definition) is 14. The van der Waals surface area contributed by atoms with Crippen LogP contribution in [-0.2, 0) is 24.0 Å². The Hall–Kier alpha value is -0.470. The van der Waals surface area contributed by atoms with E-state index in [2.05, 4.69) is 41.8 Å². The lowest BCUT2D eigenvalue weighted by molar-refractivity contribution is -0.144. The van der Waals surface area contributed by atoms with Crippen molar-refractivity contribution in [3.8, 4) is 0 Å². The summed E-state index contributed by atoms with van der Waals surface area (Å²) in [6, 6.07) is -0.743. The van der Waals surface area contributed by atoms with Gasteiger partial charge < -0.3 is 25.8 Å². The maximum atomic E-state index is 12.4. The fourth-order valence-corrected chi connectivity index (χ4v) is 10.9. The van der Waals surface area contributed by atoms with Gasteiger partial charge in [0.2, 0.25) is 5.91 Å². The van der Waals surface area contributed by atoms with Crippen molar-refractivity contribution < 1.29 is 44.5 Å². The molecule has 0 saturated carbocycles. The number of nitrogens with two attached hydrogens (primary N) is 1. The van der Waals surface area contributed by atoms with E-state index >= 15 is 0 Å². The third-order valence-corrected chi connectivity index (χ3v) is 14.8. The summed E-state index contributed by atoms with van der Waals surface area (Å²) in [6.45, 7) is 0.371. The molecule has 8 N–H and O–H groups in total. The molecular formula is C33H63N3O9S6. The Balaban J connectivity index is 0. The molecule has 1 amide bonds. The van der Waals surface area contributed by atoms with Crippen molar-refractivity contribution in [3.63, 3.8) is 0 Å². The van der Waals surface area contributed by atoms with Crippen LogP contribution in [0.5, 0.6) is 0 Å². The summed E-state index contributed by atoms with van der Waals surface area (Å²) >= 11 is 8.55. The van der Waals surface area contributed by atoms with Gasteiger partial charge in [-0.3, -0.25) is 29.3 Å². The first-order valence-electron chi connectivity index (χ1n) is 17.9. The topological polar surface area (TPSA) is 216 Å². The predicted molar refractivity (Wildman–Crippen MR) is 221 cm³/mol. The summed E-state index contributed by atoms with van der Waals surface area (Å²) in [5.74, 6) is -0.420. The number of carbonyl (C=O) groups excluding carboxylic acids is 2. The van der Waals surface area contributed by atoms with Gasteiger partial charge in [0.05, 0.1) is 11.0 Å². The highest BCUT2D eigenvalue weighted by molar-refractivity contribution is 8.86. The monoisotopic (exact) mass is 837 g/mol. The van der Waals surface area contributed by atoms with Crippen molar-refractivity contribution in [2.75, 3.05) is 16.7 Å². The average molecular weight is 838 g/mol. The number of Topliss-reactive ketones (excluding diaryl/α,β-unsaturated/α-hetero) is 1. The molecule has 0 aliphatic heterocycles. The van der Waals surface area contributed by atoms with E-state index in [0.717, 1.165) is 55.1 Å². The van der Waals surface area contributed by atoms with Crippen molar-refractivity contribution in [1.29, 1.82) is 0 Å². The Morgan fingerprint density at radius 3 is 1.65 bits per heavy atom. The average Bonchev–Trinajstić information content (AvgIpc) is 3.09. The van der Waals surface area contributed by atoms with Crippen LogP contribution in [0, 0.1) is 5.92 Å². The molecule has 0 aliphatic rings. The molecule has 12 nitrogen and oxygen atoms in total. The molecular weight excluding hydrogens is 775 g/mol. The molecule has 0 aliphatic carbocycles. The van der Waals surface area contributed by atoms with Gasteiger partial charge in [0, 0.05) is 37.3 Å². The van der Waals surface area contributed by atoms with Crippen LogP contribution in [-0.4, -0.2) is 77.6 Å². The van der Waals surface area contributed by atoms with Gasteiger partial charge in [-0.1, -0.05) is 120 Å². The number of rotatable bonds is 37. The number of amides is 1. The van der Waals surface area contributed by atoms with Gasteiger partial charge in [0.25, 0.3) is 0 Å². The van der Waals surface area contributed by atoms with Crippen LogP contribution in [0.15, 0.2) is 0 Å². The summed E-state index contributed by atoms with van der Waals surface area (Å²) in [4.78, 5) is 58.5. The first kappa shape index (κ1) is 52.6. The normalized spacial score (nSPS) is 12.7. The zero-order chi connectivity index (χ0) is 38.5. The lowest BCUT2D eigenvalue weighted by atomic mass is 9.94. The van der Waals surface area contributed by atoms with Crippen molar-refractivity contribution in [2.45, 2.75) is 152 Å². The molecule has 0 saturated heterocycles. The highest BCUT2D eigenvalue weighted by Crippen LogP contribution is 2.35. The molecule has 0 spiro atoms. The van der Waals surface area contributed by atoms with E-state index in [1.807, 2.05) is 0 Å². The van der Waals surface area contributed by atoms with Crippen LogP contribution in [0.3, 0.4) is 0 Å². The summed E-state index contributed by atoms with van der Waals surface area (Å²) < 4.78 is -0.329. The molecule has 18 heteroatoms. The van der Waals surface area contributed by atoms with Gasteiger partial charge in [-0.2, -0.15) is 12.6 Å². The van der Waals surface area contributed by atoms with Crippen LogP contribution in [0.25, 0.3) is 0 Å². The fourth-order valence-electron chi connectivity index (χ4n) is 5.17. The van der Waals surface area contributed by atoms with Crippen molar-refractivity contribution in [1.82, 2.24) is 10.6 Å². The Labute approximate surface area is 331 Å². The predicted octanol–water partition coefficient (Wildman–Crippen LogP) is 8.24. The van der Waals surface area contributed by atoms with Crippen molar-refractivity contribution in [3.05, 3.63) is 0 Å². The lowest BCUT2D eigenvalue weighted by Crippen LogP contribution is -2.39. The summed E-state index contributed by atoms with van der Waals surface area (Å²) in [5.41, 5.74) is 0. The first-order chi connectivity index (χ1) is 24.6. The Kier molecular flexibility index (Phi) is 40.5. The molecule has 0 heterocycles. The number of thiol groups is 2. The number of hydrogen-bond donors (Lipinski definition) is 9. The maximum Gasteiger partial charge on any atom is 0.320 e. The number of carbonyl (C=O) groups is 5. The minimum Gasteiger partial charge on any atom is -0.481 e. The van der Waals surface area contributed by atoms with E-state index in [1.54, 1.807) is 32.4 Å². The number of unbranched alkanes of at least 4 members (excludes halogenated alkanes) is 14. The lowest BCUT2D eigenvalue weighted by Gasteiger charge is -2.18. The van der Waals surface area contributed by atoms with Crippen LogP contribution in [0.1, 0.15) is 141 Å².